The smallest absolute Gasteiger partial charge is 0.305 e. The Morgan fingerprint density at radius 2 is 1.14 bits per heavy atom. The fraction of sp³-hybridized carbons (Fsp3) is 0.615. The SMILES string of the molecule is [N-]=[N+]=NCCCC(=O)NCCCCC(NC(=O)C(CC(=O)O)NC(=O)C(CC(=O)O)NC(=O)CNC(=O)CNC(=O)CNC(=O)CN)C(N)=O. The molecule has 0 radical (unpaired) electrons. The van der Waals surface area contributed by atoms with Gasteiger partial charge in [0.2, 0.25) is 47.3 Å². The Kier molecular flexibility index (Phi) is 22.0. The van der Waals surface area contributed by atoms with Crippen molar-refractivity contribution in [2.75, 3.05) is 39.3 Å². The van der Waals surface area contributed by atoms with E-state index in [0.717, 1.165) is 0 Å². The summed E-state index contributed by atoms with van der Waals surface area (Å²) in [6, 6.07) is -5.02. The summed E-state index contributed by atoms with van der Waals surface area (Å²) in [4.78, 5) is 122. The third-order valence-corrected chi connectivity index (χ3v) is 6.19. The minimum absolute atomic E-state index is 0.0283. The Bertz CT molecular complexity index is 1300. The number of carbonyl (C=O) groups is 10. The van der Waals surface area contributed by atoms with Gasteiger partial charge in [-0.1, -0.05) is 5.11 Å². The summed E-state index contributed by atoms with van der Waals surface area (Å²) in [5.41, 5.74) is 18.7. The van der Waals surface area contributed by atoms with Crippen molar-refractivity contribution in [1.82, 2.24) is 37.2 Å². The van der Waals surface area contributed by atoms with E-state index in [1.807, 2.05) is 10.6 Å². The fourth-order valence-electron chi connectivity index (χ4n) is 3.72. The van der Waals surface area contributed by atoms with Crippen LogP contribution in [0.5, 0.6) is 0 Å². The number of azide groups is 1. The molecular weight excluding hydrogens is 672 g/mol. The Morgan fingerprint density at radius 3 is 1.64 bits per heavy atom. The standard InChI is InChI=1S/C26H42N12O12/c27-10-18(40)31-11-19(41)32-12-20(42)33-13-21(43)35-15(8-22(44)45)25(49)37-16(9-23(46)47)26(50)36-14(24(28)48)4-1-2-6-30-17(39)5-3-7-34-38-29/h14-16H,1-13,27H2,(H2,28,48)(H,30,39)(H,31,40)(H,32,41)(H,33,42)(H,35,43)(H,36,50)(H,37,49)(H,44,45)(H,46,47). The monoisotopic (exact) mass is 714 g/mol. The molecule has 0 fully saturated rings. The van der Waals surface area contributed by atoms with Gasteiger partial charge in [0.15, 0.2) is 0 Å². The van der Waals surface area contributed by atoms with Crippen molar-refractivity contribution in [3.8, 4) is 0 Å². The molecular formula is C26H42N12O12. The van der Waals surface area contributed by atoms with Gasteiger partial charge >= 0.3 is 11.9 Å². The molecule has 0 aliphatic carbocycles. The number of hydrogen-bond donors (Lipinski definition) is 11. The van der Waals surface area contributed by atoms with Gasteiger partial charge in [-0.15, -0.1) is 0 Å². The first-order chi connectivity index (χ1) is 23.6. The lowest BCUT2D eigenvalue weighted by Crippen LogP contribution is -2.57. The van der Waals surface area contributed by atoms with E-state index in [4.69, 9.17) is 17.0 Å². The molecule has 3 unspecified atom stereocenters. The van der Waals surface area contributed by atoms with E-state index >= 15 is 0 Å². The van der Waals surface area contributed by atoms with Gasteiger partial charge in [-0.25, -0.2) is 0 Å². The molecule has 0 aliphatic heterocycles. The van der Waals surface area contributed by atoms with Crippen LogP contribution < -0.4 is 48.7 Å². The quantitative estimate of drug-likeness (QED) is 0.0173. The predicted octanol–water partition coefficient (Wildman–Crippen LogP) is -5.44. The lowest BCUT2D eigenvalue weighted by molar-refractivity contribution is -0.143. The van der Waals surface area contributed by atoms with Crippen molar-refractivity contribution in [2.24, 2.45) is 16.6 Å². The Hall–Kier alpha value is -6.03. The van der Waals surface area contributed by atoms with Crippen molar-refractivity contribution >= 4 is 59.2 Å². The second-order valence-electron chi connectivity index (χ2n) is 10.3. The molecule has 24 heteroatoms. The van der Waals surface area contributed by atoms with Crippen molar-refractivity contribution in [3.63, 3.8) is 0 Å². The van der Waals surface area contributed by atoms with E-state index in [9.17, 15) is 58.2 Å². The summed E-state index contributed by atoms with van der Waals surface area (Å²) in [5.74, 6) is -10.2. The number of carboxylic acid groups (broad SMARTS) is 2. The summed E-state index contributed by atoms with van der Waals surface area (Å²) in [6.45, 7) is -1.85. The summed E-state index contributed by atoms with van der Waals surface area (Å²) >= 11 is 0. The van der Waals surface area contributed by atoms with Gasteiger partial charge in [-0.2, -0.15) is 0 Å². The molecule has 278 valence electrons. The van der Waals surface area contributed by atoms with E-state index in [2.05, 4.69) is 36.6 Å². The Labute approximate surface area is 284 Å². The van der Waals surface area contributed by atoms with Gasteiger partial charge < -0.3 is 58.9 Å². The molecule has 0 heterocycles. The van der Waals surface area contributed by atoms with Crippen LogP contribution in [0, 0.1) is 0 Å². The molecule has 8 amide bonds. The van der Waals surface area contributed by atoms with Crippen LogP contribution in [0.4, 0.5) is 0 Å². The summed E-state index contributed by atoms with van der Waals surface area (Å²) in [7, 11) is 0. The maximum Gasteiger partial charge on any atom is 0.305 e. The number of aliphatic carboxylic acids is 2. The summed E-state index contributed by atoms with van der Waals surface area (Å²) in [5, 5.41) is 37.1. The van der Waals surface area contributed by atoms with Crippen LogP contribution in [0.1, 0.15) is 44.9 Å². The molecule has 3 atom stereocenters. The lowest BCUT2D eigenvalue weighted by Gasteiger charge is -2.23. The molecule has 50 heavy (non-hydrogen) atoms. The number of hydrogen-bond acceptors (Lipinski definition) is 12. The van der Waals surface area contributed by atoms with E-state index in [1.165, 1.54) is 0 Å². The van der Waals surface area contributed by atoms with E-state index in [-0.39, 0.29) is 44.8 Å². The molecule has 0 saturated heterocycles. The number of nitrogens with one attached hydrogen (secondary N) is 7. The molecule has 24 nitrogen and oxygen atoms in total. The maximum absolute atomic E-state index is 12.9. The molecule has 0 aromatic carbocycles. The molecule has 0 aromatic heterocycles. The number of rotatable bonds is 26. The summed E-state index contributed by atoms with van der Waals surface area (Å²) < 4.78 is 0. The van der Waals surface area contributed by atoms with Gasteiger partial charge in [0.1, 0.15) is 18.1 Å². The predicted molar refractivity (Wildman–Crippen MR) is 168 cm³/mol. The topological polar surface area (TPSA) is 396 Å². The minimum atomic E-state index is -1.85. The number of unbranched alkanes of at least 4 members (excludes halogenated alkanes) is 1. The highest BCUT2D eigenvalue weighted by Crippen LogP contribution is 2.04. The van der Waals surface area contributed by atoms with Crippen LogP contribution in [-0.2, 0) is 47.9 Å². The molecule has 0 aliphatic rings. The number of amides is 8. The van der Waals surface area contributed by atoms with Gasteiger partial charge in [0.05, 0.1) is 39.0 Å². The third kappa shape index (κ3) is 21.7. The number of carbonyl (C=O) groups excluding carboxylic acids is 8. The van der Waals surface area contributed by atoms with Gasteiger partial charge in [0, 0.05) is 24.4 Å². The van der Waals surface area contributed by atoms with Crippen LogP contribution in [0.25, 0.3) is 10.4 Å². The molecule has 0 rings (SSSR count). The highest BCUT2D eigenvalue weighted by Gasteiger charge is 2.31. The van der Waals surface area contributed by atoms with Crippen molar-refractivity contribution in [2.45, 2.75) is 63.1 Å². The van der Waals surface area contributed by atoms with E-state index in [1.54, 1.807) is 0 Å². The maximum atomic E-state index is 12.9. The van der Waals surface area contributed by atoms with Gasteiger partial charge in [-0.05, 0) is 31.2 Å². The first-order valence-electron chi connectivity index (χ1n) is 15.0. The van der Waals surface area contributed by atoms with Crippen LogP contribution in [-0.4, -0.2) is 127 Å². The van der Waals surface area contributed by atoms with Crippen molar-refractivity contribution in [1.29, 1.82) is 0 Å². The minimum Gasteiger partial charge on any atom is -0.481 e. The van der Waals surface area contributed by atoms with Gasteiger partial charge in [0.25, 0.3) is 0 Å². The largest absolute Gasteiger partial charge is 0.481 e. The fourth-order valence-corrected chi connectivity index (χ4v) is 3.72. The van der Waals surface area contributed by atoms with Crippen LogP contribution in [0.3, 0.4) is 0 Å². The molecule has 13 N–H and O–H groups in total. The van der Waals surface area contributed by atoms with Crippen LogP contribution >= 0.6 is 0 Å². The number of primary amides is 1. The zero-order chi connectivity index (χ0) is 38.1. The van der Waals surface area contributed by atoms with Crippen molar-refractivity contribution < 1.29 is 58.2 Å². The number of nitrogens with two attached hydrogens (primary N) is 2. The molecule has 0 aromatic rings. The van der Waals surface area contributed by atoms with E-state index < -0.39 is 104 Å². The lowest BCUT2D eigenvalue weighted by atomic mass is 10.1. The zero-order valence-corrected chi connectivity index (χ0v) is 26.9. The normalized spacial score (nSPS) is 11.9. The first-order valence-corrected chi connectivity index (χ1v) is 15.0. The Morgan fingerprint density at radius 1 is 0.640 bits per heavy atom. The average Bonchev–Trinajstić information content (AvgIpc) is 3.05. The number of nitrogens with zero attached hydrogens (tertiary/aromatic N) is 3. The highest BCUT2D eigenvalue weighted by molar-refractivity contribution is 5.97. The first kappa shape index (κ1) is 44.0. The average molecular weight is 715 g/mol. The van der Waals surface area contributed by atoms with Crippen LogP contribution in [0.2, 0.25) is 0 Å². The molecule has 0 spiro atoms. The second kappa shape index (κ2) is 25.0. The summed E-state index contributed by atoms with van der Waals surface area (Å²) in [6.07, 6.45) is -0.955. The third-order valence-electron chi connectivity index (χ3n) is 6.19. The molecule has 0 bridgehead atoms. The highest BCUT2D eigenvalue weighted by atomic mass is 16.4. The molecule has 0 saturated carbocycles. The van der Waals surface area contributed by atoms with Crippen LogP contribution in [0.15, 0.2) is 5.11 Å². The number of carboxylic acids is 2. The Balaban J connectivity index is 5.14. The van der Waals surface area contributed by atoms with Gasteiger partial charge in [-0.3, -0.25) is 47.9 Å². The second-order valence-corrected chi connectivity index (χ2v) is 10.3. The van der Waals surface area contributed by atoms with Crippen molar-refractivity contribution in [3.05, 3.63) is 10.4 Å². The van der Waals surface area contributed by atoms with E-state index in [0.29, 0.717) is 12.8 Å². The zero-order valence-electron chi connectivity index (χ0n) is 26.9.